The Morgan fingerprint density at radius 3 is 2.39 bits per heavy atom. The summed E-state index contributed by atoms with van der Waals surface area (Å²) >= 11 is 0. The molecular weight excluding hydrogens is 472 g/mol. The van der Waals surface area contributed by atoms with Crippen molar-refractivity contribution in [3.8, 4) is 17.2 Å². The number of aromatic hydroxyl groups is 2. The summed E-state index contributed by atoms with van der Waals surface area (Å²) in [5.74, 6) is 1.99. The summed E-state index contributed by atoms with van der Waals surface area (Å²) < 4.78 is 6.03. The molecule has 202 valence electrons. The van der Waals surface area contributed by atoms with Crippen LogP contribution in [0.4, 0.5) is 5.69 Å². The molecule has 0 amide bonds. The number of nitrogens with zero attached hydrogens (tertiary/aromatic N) is 2. The quantitative estimate of drug-likeness (QED) is 0.351. The smallest absolute Gasteiger partial charge is 0.119 e. The summed E-state index contributed by atoms with van der Waals surface area (Å²) in [6.07, 6.45) is 9.24. The molecule has 0 radical (unpaired) electrons. The highest BCUT2D eigenvalue weighted by atomic mass is 16.5. The number of hydrogen-bond donors (Lipinski definition) is 2. The minimum Gasteiger partial charge on any atom is -0.508 e. The first kappa shape index (κ1) is 26.4. The molecule has 1 fully saturated rings. The standard InChI is InChI=1S/C33H42N2O3/c1-34(19-16-25-6-13-31(14-7-25)38-21-20-35-17-4-2-3-5-18-35)33-24-30(37)12-15-32(33)28-9-8-27-23-29(36)11-10-26(27)22-28/h6-7,10-15,23-24,28,36-37H,2-5,8-9,16-22H2,1H3. The lowest BCUT2D eigenvalue weighted by atomic mass is 9.79. The van der Waals surface area contributed by atoms with Crippen molar-refractivity contribution in [2.45, 2.75) is 57.3 Å². The molecule has 0 spiro atoms. The van der Waals surface area contributed by atoms with Crippen molar-refractivity contribution in [2.24, 2.45) is 0 Å². The summed E-state index contributed by atoms with van der Waals surface area (Å²) in [5, 5.41) is 20.1. The van der Waals surface area contributed by atoms with E-state index in [4.69, 9.17) is 4.74 Å². The Bertz CT molecular complexity index is 1190. The monoisotopic (exact) mass is 514 g/mol. The zero-order chi connectivity index (χ0) is 26.3. The Labute approximate surface area is 227 Å². The van der Waals surface area contributed by atoms with Crippen molar-refractivity contribution >= 4 is 5.69 Å². The van der Waals surface area contributed by atoms with Gasteiger partial charge in [0.1, 0.15) is 23.9 Å². The Kier molecular flexibility index (Phi) is 8.75. The van der Waals surface area contributed by atoms with Crippen LogP contribution in [0.2, 0.25) is 0 Å². The van der Waals surface area contributed by atoms with Gasteiger partial charge in [0.05, 0.1) is 0 Å². The van der Waals surface area contributed by atoms with Crippen molar-refractivity contribution in [3.63, 3.8) is 0 Å². The second-order valence-electron chi connectivity index (χ2n) is 11.1. The number of likely N-dealkylation sites (N-methyl/N-ethyl adjacent to an activating group) is 1. The maximum absolute atomic E-state index is 10.3. The number of fused-ring (bicyclic) bond motifs is 1. The maximum Gasteiger partial charge on any atom is 0.119 e. The van der Waals surface area contributed by atoms with Gasteiger partial charge in [-0.1, -0.05) is 37.1 Å². The van der Waals surface area contributed by atoms with E-state index < -0.39 is 0 Å². The third-order valence-corrected chi connectivity index (χ3v) is 8.32. The van der Waals surface area contributed by atoms with Crippen LogP contribution in [-0.2, 0) is 19.3 Å². The molecule has 1 atom stereocenters. The normalized spacial score (nSPS) is 18.0. The summed E-state index contributed by atoms with van der Waals surface area (Å²) in [6.45, 7) is 5.02. The van der Waals surface area contributed by atoms with Gasteiger partial charge in [0.25, 0.3) is 0 Å². The maximum atomic E-state index is 10.3. The van der Waals surface area contributed by atoms with Crippen LogP contribution in [0.3, 0.4) is 0 Å². The van der Waals surface area contributed by atoms with Crippen molar-refractivity contribution < 1.29 is 14.9 Å². The number of benzene rings is 3. The molecule has 1 aliphatic carbocycles. The van der Waals surface area contributed by atoms with Gasteiger partial charge in [0.2, 0.25) is 0 Å². The van der Waals surface area contributed by atoms with Crippen LogP contribution in [0.15, 0.2) is 60.7 Å². The molecule has 1 heterocycles. The number of aryl methyl sites for hydroxylation is 1. The van der Waals surface area contributed by atoms with Crippen LogP contribution < -0.4 is 9.64 Å². The van der Waals surface area contributed by atoms with Crippen molar-refractivity contribution in [3.05, 3.63) is 82.9 Å². The lowest BCUT2D eigenvalue weighted by Crippen LogP contribution is -2.29. The number of phenols is 2. The first-order chi connectivity index (χ1) is 18.5. The molecular formula is C33H42N2O3. The number of hydrogen-bond acceptors (Lipinski definition) is 5. The number of rotatable bonds is 9. The van der Waals surface area contributed by atoms with Crippen LogP contribution in [0.25, 0.3) is 0 Å². The van der Waals surface area contributed by atoms with Gasteiger partial charge in [-0.2, -0.15) is 0 Å². The molecule has 0 bridgehead atoms. The van der Waals surface area contributed by atoms with E-state index in [0.717, 1.165) is 56.8 Å². The third-order valence-electron chi connectivity index (χ3n) is 8.32. The molecule has 1 unspecified atom stereocenters. The van der Waals surface area contributed by atoms with E-state index in [2.05, 4.69) is 53.2 Å². The van der Waals surface area contributed by atoms with Gasteiger partial charge in [-0.25, -0.2) is 0 Å². The molecule has 0 aromatic heterocycles. The van der Waals surface area contributed by atoms with E-state index in [1.807, 2.05) is 18.2 Å². The van der Waals surface area contributed by atoms with E-state index in [1.54, 1.807) is 6.07 Å². The van der Waals surface area contributed by atoms with Gasteiger partial charge in [-0.3, -0.25) is 4.90 Å². The molecule has 5 rings (SSSR count). The topological polar surface area (TPSA) is 56.2 Å². The fourth-order valence-electron chi connectivity index (χ4n) is 6.04. The van der Waals surface area contributed by atoms with Gasteiger partial charge in [0, 0.05) is 31.9 Å². The lowest BCUT2D eigenvalue weighted by Gasteiger charge is -2.30. The summed E-state index contributed by atoms with van der Waals surface area (Å²) in [5.41, 5.74) is 6.24. The van der Waals surface area contributed by atoms with E-state index in [1.165, 1.54) is 61.0 Å². The largest absolute Gasteiger partial charge is 0.508 e. The fraction of sp³-hybridized carbons (Fsp3) is 0.455. The zero-order valence-electron chi connectivity index (χ0n) is 22.7. The number of likely N-dealkylation sites (tertiary alicyclic amines) is 1. The van der Waals surface area contributed by atoms with Crippen molar-refractivity contribution in [1.29, 1.82) is 0 Å². The van der Waals surface area contributed by atoms with Gasteiger partial charge >= 0.3 is 0 Å². The Morgan fingerprint density at radius 2 is 1.61 bits per heavy atom. The second-order valence-corrected chi connectivity index (χ2v) is 11.1. The Morgan fingerprint density at radius 1 is 0.868 bits per heavy atom. The predicted octanol–water partition coefficient (Wildman–Crippen LogP) is 6.30. The molecule has 3 aromatic rings. The van der Waals surface area contributed by atoms with Crippen molar-refractivity contribution in [2.75, 3.05) is 44.7 Å². The minimum absolute atomic E-state index is 0.304. The highest BCUT2D eigenvalue weighted by molar-refractivity contribution is 5.59. The van der Waals surface area contributed by atoms with Gasteiger partial charge < -0.3 is 19.8 Å². The van der Waals surface area contributed by atoms with Crippen molar-refractivity contribution in [1.82, 2.24) is 4.90 Å². The van der Waals surface area contributed by atoms with Crippen LogP contribution in [0, 0.1) is 0 Å². The summed E-state index contributed by atoms with van der Waals surface area (Å²) in [6, 6.07) is 20.1. The highest BCUT2D eigenvalue weighted by Crippen LogP contribution is 2.39. The number of phenolic OH excluding ortho intramolecular Hbond substituents is 2. The zero-order valence-corrected chi connectivity index (χ0v) is 22.7. The molecule has 3 aromatic carbocycles. The van der Waals surface area contributed by atoms with E-state index in [-0.39, 0.29) is 0 Å². The highest BCUT2D eigenvalue weighted by Gasteiger charge is 2.24. The molecule has 1 aliphatic heterocycles. The first-order valence-corrected chi connectivity index (χ1v) is 14.3. The van der Waals surface area contributed by atoms with E-state index in [9.17, 15) is 10.2 Å². The third kappa shape index (κ3) is 6.82. The van der Waals surface area contributed by atoms with Crippen LogP contribution in [0.1, 0.15) is 60.3 Å². The van der Waals surface area contributed by atoms with Gasteiger partial charge in [0.15, 0.2) is 0 Å². The Hall–Kier alpha value is -3.18. The van der Waals surface area contributed by atoms with Crippen LogP contribution in [0.5, 0.6) is 17.2 Å². The molecule has 5 heteroatoms. The average Bonchev–Trinajstić information content (AvgIpc) is 3.21. The molecule has 1 saturated heterocycles. The molecule has 38 heavy (non-hydrogen) atoms. The Balaban J connectivity index is 1.16. The summed E-state index contributed by atoms with van der Waals surface area (Å²) in [4.78, 5) is 4.80. The average molecular weight is 515 g/mol. The molecule has 2 aliphatic rings. The van der Waals surface area contributed by atoms with Gasteiger partial charge in [-0.05, 0) is 110 Å². The van der Waals surface area contributed by atoms with E-state index in [0.29, 0.717) is 17.4 Å². The van der Waals surface area contributed by atoms with Crippen LogP contribution >= 0.6 is 0 Å². The minimum atomic E-state index is 0.304. The number of ether oxygens (including phenoxy) is 1. The number of anilines is 1. The molecule has 2 N–H and O–H groups in total. The van der Waals surface area contributed by atoms with Crippen LogP contribution in [-0.4, -0.2) is 54.9 Å². The molecule has 5 nitrogen and oxygen atoms in total. The first-order valence-electron chi connectivity index (χ1n) is 14.3. The fourth-order valence-corrected chi connectivity index (χ4v) is 6.04. The summed E-state index contributed by atoms with van der Waals surface area (Å²) in [7, 11) is 2.12. The lowest BCUT2D eigenvalue weighted by molar-refractivity contribution is 0.214. The predicted molar refractivity (Wildman–Crippen MR) is 155 cm³/mol. The van der Waals surface area contributed by atoms with Gasteiger partial charge in [-0.15, -0.1) is 0 Å². The molecule has 0 saturated carbocycles. The second kappa shape index (κ2) is 12.6. The van der Waals surface area contributed by atoms with E-state index >= 15 is 0 Å². The SMILES string of the molecule is CN(CCc1ccc(OCCN2CCCCCC2)cc1)c1cc(O)ccc1C1CCc2cc(O)ccc2C1.